The SMILES string of the molecule is COC(=O)N1[C@H](C)CC[C@@H]1c1cccc(OCc2ccccc2)c1. The maximum atomic E-state index is 12.1. The summed E-state index contributed by atoms with van der Waals surface area (Å²) >= 11 is 0. The van der Waals surface area contributed by atoms with E-state index in [9.17, 15) is 4.79 Å². The minimum atomic E-state index is -0.263. The molecule has 126 valence electrons. The van der Waals surface area contributed by atoms with Crippen LogP contribution in [0.1, 0.15) is 36.9 Å². The van der Waals surface area contributed by atoms with Gasteiger partial charge in [0.15, 0.2) is 0 Å². The topological polar surface area (TPSA) is 38.8 Å². The molecule has 1 aliphatic rings. The molecular weight excluding hydrogens is 302 g/mol. The van der Waals surface area contributed by atoms with E-state index in [0.717, 1.165) is 29.7 Å². The molecular formula is C20H23NO3. The van der Waals surface area contributed by atoms with Gasteiger partial charge in [0.25, 0.3) is 0 Å². The van der Waals surface area contributed by atoms with Gasteiger partial charge in [0.1, 0.15) is 12.4 Å². The first-order chi connectivity index (χ1) is 11.7. The Kier molecular flexibility index (Phi) is 5.04. The molecule has 24 heavy (non-hydrogen) atoms. The van der Waals surface area contributed by atoms with Crippen LogP contribution in [0.4, 0.5) is 4.79 Å². The Morgan fingerprint density at radius 2 is 1.92 bits per heavy atom. The predicted molar refractivity (Wildman–Crippen MR) is 92.9 cm³/mol. The first-order valence-corrected chi connectivity index (χ1v) is 8.32. The molecule has 0 aromatic heterocycles. The second-order valence-corrected chi connectivity index (χ2v) is 6.17. The van der Waals surface area contributed by atoms with E-state index in [1.54, 1.807) is 0 Å². The van der Waals surface area contributed by atoms with E-state index in [4.69, 9.17) is 9.47 Å². The van der Waals surface area contributed by atoms with E-state index in [1.165, 1.54) is 7.11 Å². The highest BCUT2D eigenvalue weighted by atomic mass is 16.5. The Morgan fingerprint density at radius 1 is 1.12 bits per heavy atom. The maximum absolute atomic E-state index is 12.1. The van der Waals surface area contributed by atoms with Gasteiger partial charge in [0.2, 0.25) is 0 Å². The summed E-state index contributed by atoms with van der Waals surface area (Å²) < 4.78 is 10.9. The quantitative estimate of drug-likeness (QED) is 0.827. The molecule has 1 fully saturated rings. The average Bonchev–Trinajstić information content (AvgIpc) is 3.02. The van der Waals surface area contributed by atoms with Gasteiger partial charge in [-0.2, -0.15) is 0 Å². The van der Waals surface area contributed by atoms with Crippen molar-refractivity contribution in [3.05, 3.63) is 65.7 Å². The van der Waals surface area contributed by atoms with Gasteiger partial charge in [-0.25, -0.2) is 4.79 Å². The van der Waals surface area contributed by atoms with Gasteiger partial charge in [-0.15, -0.1) is 0 Å². The fourth-order valence-corrected chi connectivity index (χ4v) is 3.28. The third-order valence-corrected chi connectivity index (χ3v) is 4.55. The van der Waals surface area contributed by atoms with Gasteiger partial charge in [-0.3, -0.25) is 4.90 Å². The number of carbonyl (C=O) groups is 1. The standard InChI is InChI=1S/C20H23NO3/c1-15-11-12-19(21(15)20(22)23-2)17-9-6-10-18(13-17)24-14-16-7-4-3-5-8-16/h3-10,13,15,19H,11-12,14H2,1-2H3/t15-,19-/m1/s1. The van der Waals surface area contributed by atoms with Crippen LogP contribution in [0.2, 0.25) is 0 Å². The zero-order chi connectivity index (χ0) is 16.9. The number of amides is 1. The Morgan fingerprint density at radius 3 is 2.67 bits per heavy atom. The molecule has 1 heterocycles. The van der Waals surface area contributed by atoms with E-state index in [1.807, 2.05) is 59.5 Å². The number of rotatable bonds is 4. The smallest absolute Gasteiger partial charge is 0.410 e. The Bertz CT molecular complexity index is 686. The molecule has 1 aliphatic heterocycles. The van der Waals surface area contributed by atoms with Crippen molar-refractivity contribution in [2.45, 2.75) is 38.5 Å². The summed E-state index contributed by atoms with van der Waals surface area (Å²) in [5.41, 5.74) is 2.23. The lowest BCUT2D eigenvalue weighted by Crippen LogP contribution is -2.35. The first kappa shape index (κ1) is 16.4. The third-order valence-electron chi connectivity index (χ3n) is 4.55. The number of methoxy groups -OCH3 is 1. The van der Waals surface area contributed by atoms with Gasteiger partial charge in [-0.1, -0.05) is 42.5 Å². The molecule has 0 radical (unpaired) electrons. The fraction of sp³-hybridized carbons (Fsp3) is 0.350. The van der Waals surface area contributed by atoms with E-state index < -0.39 is 0 Å². The highest BCUT2D eigenvalue weighted by Crippen LogP contribution is 2.37. The average molecular weight is 325 g/mol. The normalized spacial score (nSPS) is 20.0. The summed E-state index contributed by atoms with van der Waals surface area (Å²) in [6, 6.07) is 18.3. The van der Waals surface area contributed by atoms with Crippen molar-refractivity contribution >= 4 is 6.09 Å². The number of hydrogen-bond donors (Lipinski definition) is 0. The summed E-state index contributed by atoms with van der Waals surface area (Å²) in [4.78, 5) is 13.9. The molecule has 0 bridgehead atoms. The van der Waals surface area contributed by atoms with Crippen LogP contribution < -0.4 is 4.74 Å². The third kappa shape index (κ3) is 3.53. The summed E-state index contributed by atoms with van der Waals surface area (Å²) in [6.45, 7) is 2.60. The molecule has 1 amide bonds. The molecule has 2 atom stereocenters. The van der Waals surface area contributed by atoms with Crippen molar-refractivity contribution in [1.82, 2.24) is 4.90 Å². The minimum absolute atomic E-state index is 0.0488. The first-order valence-electron chi connectivity index (χ1n) is 8.32. The Hall–Kier alpha value is -2.49. The van der Waals surface area contributed by atoms with E-state index >= 15 is 0 Å². The Balaban J connectivity index is 1.74. The number of carbonyl (C=O) groups excluding carboxylic acids is 1. The minimum Gasteiger partial charge on any atom is -0.489 e. The number of likely N-dealkylation sites (tertiary alicyclic amines) is 1. The van der Waals surface area contributed by atoms with Gasteiger partial charge < -0.3 is 9.47 Å². The number of nitrogens with zero attached hydrogens (tertiary/aromatic N) is 1. The van der Waals surface area contributed by atoms with Crippen molar-refractivity contribution < 1.29 is 14.3 Å². The van der Waals surface area contributed by atoms with E-state index in [0.29, 0.717) is 6.61 Å². The summed E-state index contributed by atoms with van der Waals surface area (Å²) in [6.07, 6.45) is 1.66. The summed E-state index contributed by atoms with van der Waals surface area (Å²) in [5.74, 6) is 0.820. The van der Waals surface area contributed by atoms with Crippen LogP contribution in [0.15, 0.2) is 54.6 Å². The zero-order valence-corrected chi connectivity index (χ0v) is 14.1. The number of benzene rings is 2. The lowest BCUT2D eigenvalue weighted by Gasteiger charge is -2.27. The molecule has 4 nitrogen and oxygen atoms in total. The van der Waals surface area contributed by atoms with Gasteiger partial charge in [0.05, 0.1) is 13.2 Å². The molecule has 0 N–H and O–H groups in total. The Labute approximate surface area is 143 Å². The highest BCUT2D eigenvalue weighted by molar-refractivity contribution is 5.69. The maximum Gasteiger partial charge on any atom is 0.410 e. The van der Waals surface area contributed by atoms with Gasteiger partial charge in [-0.05, 0) is 43.0 Å². The van der Waals surface area contributed by atoms with Crippen molar-refractivity contribution in [3.8, 4) is 5.75 Å². The fourth-order valence-electron chi connectivity index (χ4n) is 3.28. The van der Waals surface area contributed by atoms with Crippen LogP contribution in [0.5, 0.6) is 5.75 Å². The van der Waals surface area contributed by atoms with Crippen LogP contribution in [0.3, 0.4) is 0 Å². The van der Waals surface area contributed by atoms with Crippen molar-refractivity contribution in [1.29, 1.82) is 0 Å². The molecule has 4 heteroatoms. The summed E-state index contributed by atoms with van der Waals surface area (Å²) in [5, 5.41) is 0. The molecule has 0 aliphatic carbocycles. The van der Waals surface area contributed by atoms with Crippen LogP contribution in [0.25, 0.3) is 0 Å². The lowest BCUT2D eigenvalue weighted by molar-refractivity contribution is 0.105. The van der Waals surface area contributed by atoms with Crippen molar-refractivity contribution in [3.63, 3.8) is 0 Å². The predicted octanol–water partition coefficient (Wildman–Crippen LogP) is 4.56. The van der Waals surface area contributed by atoms with Crippen LogP contribution in [0, 0.1) is 0 Å². The highest BCUT2D eigenvalue weighted by Gasteiger charge is 2.36. The van der Waals surface area contributed by atoms with Crippen LogP contribution >= 0.6 is 0 Å². The van der Waals surface area contributed by atoms with Crippen LogP contribution in [-0.4, -0.2) is 24.1 Å². The molecule has 0 spiro atoms. The van der Waals surface area contributed by atoms with Crippen LogP contribution in [-0.2, 0) is 11.3 Å². The van der Waals surface area contributed by atoms with E-state index in [2.05, 4.69) is 6.92 Å². The van der Waals surface area contributed by atoms with E-state index in [-0.39, 0.29) is 18.2 Å². The second-order valence-electron chi connectivity index (χ2n) is 6.17. The molecule has 0 unspecified atom stereocenters. The van der Waals surface area contributed by atoms with Gasteiger partial charge in [0, 0.05) is 6.04 Å². The zero-order valence-electron chi connectivity index (χ0n) is 14.1. The summed E-state index contributed by atoms with van der Waals surface area (Å²) in [7, 11) is 1.43. The monoisotopic (exact) mass is 325 g/mol. The molecule has 2 aromatic rings. The molecule has 2 aromatic carbocycles. The molecule has 3 rings (SSSR count). The molecule has 1 saturated heterocycles. The van der Waals surface area contributed by atoms with Crippen molar-refractivity contribution in [2.75, 3.05) is 7.11 Å². The largest absolute Gasteiger partial charge is 0.489 e. The molecule has 0 saturated carbocycles. The van der Waals surface area contributed by atoms with Crippen molar-refractivity contribution in [2.24, 2.45) is 0 Å². The number of hydrogen-bond acceptors (Lipinski definition) is 3. The van der Waals surface area contributed by atoms with Gasteiger partial charge >= 0.3 is 6.09 Å². The number of ether oxygens (including phenoxy) is 2. The second kappa shape index (κ2) is 7.39. The lowest BCUT2D eigenvalue weighted by atomic mass is 10.0.